The molecule has 2 aromatic carbocycles. The Morgan fingerprint density at radius 3 is 2.86 bits per heavy atom. The van der Waals surface area contributed by atoms with Crippen molar-refractivity contribution < 1.29 is 9.53 Å². The predicted molar refractivity (Wildman–Crippen MR) is 113 cm³/mol. The van der Waals surface area contributed by atoms with Gasteiger partial charge in [-0.05, 0) is 49.2 Å². The molecule has 0 spiro atoms. The molecule has 0 unspecified atom stereocenters. The number of carbonyl (C=O) groups is 1. The zero-order valence-corrected chi connectivity index (χ0v) is 17.1. The quantitative estimate of drug-likeness (QED) is 0.537. The minimum atomic E-state index is 0.0835. The Morgan fingerprint density at radius 1 is 1.25 bits per heavy atom. The molecule has 0 aliphatic carbocycles. The van der Waals surface area contributed by atoms with Gasteiger partial charge >= 0.3 is 0 Å². The van der Waals surface area contributed by atoms with Crippen molar-refractivity contribution in [1.82, 2.24) is 14.9 Å². The van der Waals surface area contributed by atoms with Gasteiger partial charge in [0.1, 0.15) is 18.2 Å². The van der Waals surface area contributed by atoms with E-state index >= 15 is 0 Å². The molecule has 0 aliphatic heterocycles. The number of carbonyl (C=O) groups excluding carboxylic acids is 1. The van der Waals surface area contributed by atoms with Crippen LogP contribution in [-0.4, -0.2) is 28.6 Å². The Kier molecular flexibility index (Phi) is 6.93. The third-order valence-corrected chi connectivity index (χ3v) is 5.09. The SMILES string of the molecule is CCC(=O)NCCCc1nc2ccccc2n1CCOc1ccc(Cl)c(C)c1. The molecule has 0 radical (unpaired) electrons. The van der Waals surface area contributed by atoms with Gasteiger partial charge in [0, 0.05) is 24.4 Å². The van der Waals surface area contributed by atoms with E-state index in [0.717, 1.165) is 46.0 Å². The minimum absolute atomic E-state index is 0.0835. The van der Waals surface area contributed by atoms with Crippen molar-refractivity contribution in [3.05, 3.63) is 58.9 Å². The fraction of sp³-hybridized carbons (Fsp3) is 0.364. The summed E-state index contributed by atoms with van der Waals surface area (Å²) in [6.45, 7) is 5.74. The Hall–Kier alpha value is -2.53. The number of hydrogen-bond donors (Lipinski definition) is 1. The number of benzene rings is 2. The van der Waals surface area contributed by atoms with Gasteiger partial charge in [-0.3, -0.25) is 4.79 Å². The standard InChI is InChI=1S/C22H26ClN3O2/c1-3-22(27)24-12-6-9-21-25-19-7-4-5-8-20(19)26(21)13-14-28-17-10-11-18(23)16(2)15-17/h4-5,7-8,10-11,15H,3,6,9,12-14H2,1-2H3,(H,24,27). The van der Waals surface area contributed by atoms with Crippen molar-refractivity contribution in [2.24, 2.45) is 0 Å². The van der Waals surface area contributed by atoms with Crippen LogP contribution >= 0.6 is 11.6 Å². The lowest BCUT2D eigenvalue weighted by molar-refractivity contribution is -0.120. The van der Waals surface area contributed by atoms with E-state index < -0.39 is 0 Å². The molecule has 0 fully saturated rings. The molecule has 0 saturated heterocycles. The number of rotatable bonds is 9. The van der Waals surface area contributed by atoms with Crippen LogP contribution in [-0.2, 0) is 17.8 Å². The van der Waals surface area contributed by atoms with Crippen molar-refractivity contribution >= 4 is 28.5 Å². The molecule has 3 rings (SSSR count). The van der Waals surface area contributed by atoms with Crippen LogP contribution in [0.25, 0.3) is 11.0 Å². The lowest BCUT2D eigenvalue weighted by Crippen LogP contribution is -2.23. The highest BCUT2D eigenvalue weighted by atomic mass is 35.5. The summed E-state index contributed by atoms with van der Waals surface area (Å²) >= 11 is 6.08. The summed E-state index contributed by atoms with van der Waals surface area (Å²) in [6.07, 6.45) is 2.17. The average molecular weight is 400 g/mol. The molecule has 0 saturated carbocycles. The first-order valence-electron chi connectivity index (χ1n) is 9.68. The first kappa shape index (κ1) is 20.2. The molecule has 3 aromatic rings. The van der Waals surface area contributed by atoms with Crippen molar-refractivity contribution in [1.29, 1.82) is 0 Å². The first-order chi connectivity index (χ1) is 13.6. The molecule has 5 nitrogen and oxygen atoms in total. The van der Waals surface area contributed by atoms with Crippen LogP contribution in [0.2, 0.25) is 5.02 Å². The Balaban J connectivity index is 1.66. The van der Waals surface area contributed by atoms with Gasteiger partial charge < -0.3 is 14.6 Å². The van der Waals surface area contributed by atoms with Gasteiger partial charge in [0.25, 0.3) is 0 Å². The Morgan fingerprint density at radius 2 is 2.07 bits per heavy atom. The fourth-order valence-electron chi connectivity index (χ4n) is 3.13. The zero-order chi connectivity index (χ0) is 19.9. The molecule has 1 amide bonds. The number of ether oxygens (including phenoxy) is 1. The molecule has 6 heteroatoms. The van der Waals surface area contributed by atoms with Gasteiger partial charge in [-0.1, -0.05) is 30.7 Å². The Labute approximate surface area is 170 Å². The molecule has 1 N–H and O–H groups in total. The maximum absolute atomic E-state index is 11.4. The Bertz CT molecular complexity index is 952. The van der Waals surface area contributed by atoms with Gasteiger partial charge in [0.2, 0.25) is 5.91 Å². The first-order valence-corrected chi connectivity index (χ1v) is 10.1. The van der Waals surface area contributed by atoms with Crippen molar-refractivity contribution in [3.63, 3.8) is 0 Å². The highest BCUT2D eigenvalue weighted by Crippen LogP contribution is 2.22. The van der Waals surface area contributed by atoms with E-state index in [-0.39, 0.29) is 5.91 Å². The van der Waals surface area contributed by atoms with Crippen LogP contribution in [0.4, 0.5) is 0 Å². The summed E-state index contributed by atoms with van der Waals surface area (Å²) in [5.41, 5.74) is 3.09. The lowest BCUT2D eigenvalue weighted by atomic mass is 10.2. The zero-order valence-electron chi connectivity index (χ0n) is 16.4. The minimum Gasteiger partial charge on any atom is -0.492 e. The number of halogens is 1. The van der Waals surface area contributed by atoms with Crippen LogP contribution < -0.4 is 10.1 Å². The maximum Gasteiger partial charge on any atom is 0.219 e. The summed E-state index contributed by atoms with van der Waals surface area (Å²) in [4.78, 5) is 16.2. The predicted octanol–water partition coefficient (Wildman–Crippen LogP) is 4.54. The smallest absolute Gasteiger partial charge is 0.219 e. The van der Waals surface area contributed by atoms with Crippen LogP contribution in [0, 0.1) is 6.92 Å². The van der Waals surface area contributed by atoms with E-state index in [1.807, 2.05) is 50.2 Å². The lowest BCUT2D eigenvalue weighted by Gasteiger charge is -2.12. The topological polar surface area (TPSA) is 56.2 Å². The molecule has 148 valence electrons. The van der Waals surface area contributed by atoms with Crippen LogP contribution in [0.3, 0.4) is 0 Å². The highest BCUT2D eigenvalue weighted by molar-refractivity contribution is 6.31. The van der Waals surface area contributed by atoms with E-state index in [4.69, 9.17) is 21.3 Å². The normalized spacial score (nSPS) is 11.0. The number of amides is 1. The van der Waals surface area contributed by atoms with Crippen LogP contribution in [0.15, 0.2) is 42.5 Å². The largest absolute Gasteiger partial charge is 0.492 e. The van der Waals surface area contributed by atoms with E-state index in [9.17, 15) is 4.79 Å². The number of nitrogens with zero attached hydrogens (tertiary/aromatic N) is 2. The average Bonchev–Trinajstić information content (AvgIpc) is 3.05. The molecule has 0 atom stereocenters. The van der Waals surface area contributed by atoms with Crippen LogP contribution in [0.1, 0.15) is 31.2 Å². The van der Waals surface area contributed by atoms with Gasteiger partial charge in [0.15, 0.2) is 0 Å². The van der Waals surface area contributed by atoms with Gasteiger partial charge in [-0.15, -0.1) is 0 Å². The molecular formula is C22H26ClN3O2. The highest BCUT2D eigenvalue weighted by Gasteiger charge is 2.10. The second kappa shape index (κ2) is 9.60. The summed E-state index contributed by atoms with van der Waals surface area (Å²) in [6, 6.07) is 13.8. The number of aromatic nitrogens is 2. The summed E-state index contributed by atoms with van der Waals surface area (Å²) < 4.78 is 8.13. The van der Waals surface area contributed by atoms with Gasteiger partial charge in [-0.25, -0.2) is 4.98 Å². The summed E-state index contributed by atoms with van der Waals surface area (Å²) in [5, 5.41) is 3.66. The summed E-state index contributed by atoms with van der Waals surface area (Å²) in [5.74, 6) is 1.91. The monoisotopic (exact) mass is 399 g/mol. The van der Waals surface area contributed by atoms with E-state index in [0.29, 0.717) is 26.1 Å². The van der Waals surface area contributed by atoms with Crippen molar-refractivity contribution in [2.75, 3.05) is 13.2 Å². The van der Waals surface area contributed by atoms with Gasteiger partial charge in [-0.2, -0.15) is 0 Å². The van der Waals surface area contributed by atoms with E-state index in [1.54, 1.807) is 0 Å². The van der Waals surface area contributed by atoms with E-state index in [2.05, 4.69) is 16.0 Å². The number of fused-ring (bicyclic) bond motifs is 1. The number of para-hydroxylation sites is 2. The summed E-state index contributed by atoms with van der Waals surface area (Å²) in [7, 11) is 0. The number of nitrogens with one attached hydrogen (secondary N) is 1. The van der Waals surface area contributed by atoms with Gasteiger partial charge in [0.05, 0.1) is 17.6 Å². The third-order valence-electron chi connectivity index (χ3n) is 4.67. The van der Waals surface area contributed by atoms with E-state index in [1.165, 1.54) is 0 Å². The molecule has 28 heavy (non-hydrogen) atoms. The number of hydrogen-bond acceptors (Lipinski definition) is 3. The molecule has 0 aliphatic rings. The maximum atomic E-state index is 11.4. The number of imidazole rings is 1. The van der Waals surface area contributed by atoms with Crippen molar-refractivity contribution in [2.45, 2.75) is 39.7 Å². The number of aryl methyl sites for hydroxylation is 2. The molecule has 1 heterocycles. The van der Waals surface area contributed by atoms with Crippen molar-refractivity contribution in [3.8, 4) is 5.75 Å². The molecule has 1 aromatic heterocycles. The molecular weight excluding hydrogens is 374 g/mol. The molecule has 0 bridgehead atoms. The second-order valence-corrected chi connectivity index (χ2v) is 7.14. The third kappa shape index (κ3) is 5.04. The fourth-order valence-corrected chi connectivity index (χ4v) is 3.24. The second-order valence-electron chi connectivity index (χ2n) is 6.73. The van der Waals surface area contributed by atoms with Crippen LogP contribution in [0.5, 0.6) is 5.75 Å².